The molecule has 0 unspecified atom stereocenters. The molecule has 35 heavy (non-hydrogen) atoms. The van der Waals surface area contributed by atoms with Crippen molar-refractivity contribution < 1.29 is 14.5 Å². The SMILES string of the molecule is O=C(NC(=S)Nc1ccc(NC(=O)c2ccccc2)cc1)c1ccc(N2CCCC2)c([N+](=O)[O-])c1. The molecule has 0 spiro atoms. The number of thiocarbonyl (C=S) groups is 1. The van der Waals surface area contributed by atoms with Crippen LogP contribution in [0.25, 0.3) is 0 Å². The second-order valence-electron chi connectivity index (χ2n) is 7.96. The lowest BCUT2D eigenvalue weighted by molar-refractivity contribution is -0.384. The van der Waals surface area contributed by atoms with Crippen molar-refractivity contribution in [3.63, 3.8) is 0 Å². The first-order valence-corrected chi connectivity index (χ1v) is 11.4. The van der Waals surface area contributed by atoms with Gasteiger partial charge in [0.1, 0.15) is 5.69 Å². The minimum Gasteiger partial charge on any atom is -0.366 e. The number of nitrogens with one attached hydrogen (secondary N) is 3. The average molecular weight is 490 g/mol. The van der Waals surface area contributed by atoms with Gasteiger partial charge in [-0.3, -0.25) is 25.0 Å². The van der Waals surface area contributed by atoms with E-state index in [9.17, 15) is 19.7 Å². The van der Waals surface area contributed by atoms with Gasteiger partial charge >= 0.3 is 0 Å². The fourth-order valence-electron chi connectivity index (χ4n) is 3.80. The molecule has 9 nitrogen and oxygen atoms in total. The maximum absolute atomic E-state index is 12.6. The van der Waals surface area contributed by atoms with E-state index in [1.165, 1.54) is 6.07 Å². The maximum Gasteiger partial charge on any atom is 0.293 e. The molecule has 0 radical (unpaired) electrons. The minimum absolute atomic E-state index is 0.0438. The Hall–Kier alpha value is -4.31. The van der Waals surface area contributed by atoms with Gasteiger partial charge < -0.3 is 15.5 Å². The lowest BCUT2D eigenvalue weighted by Crippen LogP contribution is -2.34. The molecule has 3 aromatic rings. The fraction of sp³-hybridized carbons (Fsp3) is 0.160. The Bertz CT molecular complexity index is 1260. The van der Waals surface area contributed by atoms with Crippen molar-refractivity contribution in [1.82, 2.24) is 5.32 Å². The molecule has 0 aliphatic carbocycles. The molecule has 4 rings (SSSR count). The number of nitro benzene ring substituents is 1. The molecule has 3 N–H and O–H groups in total. The van der Waals surface area contributed by atoms with Gasteiger partial charge in [-0.15, -0.1) is 0 Å². The number of hydrogen-bond donors (Lipinski definition) is 3. The number of amides is 2. The van der Waals surface area contributed by atoms with Gasteiger partial charge in [0, 0.05) is 41.7 Å². The van der Waals surface area contributed by atoms with Crippen molar-refractivity contribution in [2.45, 2.75) is 12.8 Å². The Labute approximate surface area is 207 Å². The van der Waals surface area contributed by atoms with Crippen LogP contribution in [0.15, 0.2) is 72.8 Å². The summed E-state index contributed by atoms with van der Waals surface area (Å²) in [5.41, 5.74) is 2.30. The van der Waals surface area contributed by atoms with Crippen molar-refractivity contribution in [1.29, 1.82) is 0 Å². The summed E-state index contributed by atoms with van der Waals surface area (Å²) in [5.74, 6) is -0.774. The highest BCUT2D eigenvalue weighted by Crippen LogP contribution is 2.31. The molecule has 3 aromatic carbocycles. The third kappa shape index (κ3) is 5.98. The highest BCUT2D eigenvalue weighted by Gasteiger charge is 2.24. The van der Waals surface area contributed by atoms with Crippen molar-refractivity contribution in [2.75, 3.05) is 28.6 Å². The van der Waals surface area contributed by atoms with Crippen LogP contribution in [0.3, 0.4) is 0 Å². The number of anilines is 3. The quantitative estimate of drug-likeness (QED) is 0.264. The molecule has 178 valence electrons. The second kappa shape index (κ2) is 10.7. The topological polar surface area (TPSA) is 117 Å². The number of carbonyl (C=O) groups is 2. The molecule has 0 atom stereocenters. The predicted octanol–water partition coefficient (Wildman–Crippen LogP) is 4.57. The molecule has 0 aromatic heterocycles. The standard InChI is InChI=1S/C25H23N5O4S/c31-23(17-6-2-1-3-7-17)26-19-9-11-20(12-10-19)27-25(35)28-24(32)18-8-13-21(22(16-18)30(33)34)29-14-4-5-15-29/h1-3,6-13,16H,4-5,14-15H2,(H,26,31)(H2,27,28,32,35). The Balaban J connectivity index is 1.36. The average Bonchev–Trinajstić information content (AvgIpc) is 3.40. The van der Waals surface area contributed by atoms with E-state index in [2.05, 4.69) is 16.0 Å². The van der Waals surface area contributed by atoms with E-state index >= 15 is 0 Å². The molecular formula is C25H23N5O4S. The summed E-state index contributed by atoms with van der Waals surface area (Å²) in [5, 5.41) is 19.9. The molecule has 1 aliphatic rings. The van der Waals surface area contributed by atoms with Crippen LogP contribution in [0, 0.1) is 10.1 Å². The fourth-order valence-corrected chi connectivity index (χ4v) is 4.01. The summed E-state index contributed by atoms with van der Waals surface area (Å²) in [6, 6.07) is 20.1. The summed E-state index contributed by atoms with van der Waals surface area (Å²) in [6.45, 7) is 1.52. The summed E-state index contributed by atoms with van der Waals surface area (Å²) >= 11 is 5.22. The van der Waals surface area contributed by atoms with Crippen molar-refractivity contribution in [2.24, 2.45) is 0 Å². The highest BCUT2D eigenvalue weighted by molar-refractivity contribution is 7.80. The minimum atomic E-state index is -0.551. The number of nitro groups is 1. The van der Waals surface area contributed by atoms with Crippen LogP contribution in [0.5, 0.6) is 0 Å². The number of nitrogens with zero attached hydrogens (tertiary/aromatic N) is 2. The van der Waals surface area contributed by atoms with Crippen LogP contribution in [0.4, 0.5) is 22.7 Å². The van der Waals surface area contributed by atoms with E-state index < -0.39 is 10.8 Å². The second-order valence-corrected chi connectivity index (χ2v) is 8.37. The number of benzene rings is 3. The van der Waals surface area contributed by atoms with E-state index in [0.717, 1.165) is 25.9 Å². The van der Waals surface area contributed by atoms with Crippen LogP contribution in [0.1, 0.15) is 33.6 Å². The van der Waals surface area contributed by atoms with Crippen molar-refractivity contribution in [3.05, 3.63) is 94.0 Å². The van der Waals surface area contributed by atoms with Gasteiger partial charge in [-0.05, 0) is 73.6 Å². The molecule has 1 aliphatic heterocycles. The Morgan fingerprint density at radius 2 is 1.46 bits per heavy atom. The van der Waals surface area contributed by atoms with Crippen molar-refractivity contribution >= 4 is 51.9 Å². The zero-order valence-corrected chi connectivity index (χ0v) is 19.5. The molecule has 10 heteroatoms. The number of hydrogen-bond acceptors (Lipinski definition) is 6. The van der Waals surface area contributed by atoms with E-state index in [1.807, 2.05) is 11.0 Å². The molecular weight excluding hydrogens is 466 g/mol. The first-order chi connectivity index (χ1) is 16.9. The molecule has 0 saturated carbocycles. The molecule has 1 saturated heterocycles. The lowest BCUT2D eigenvalue weighted by Gasteiger charge is -2.18. The summed E-state index contributed by atoms with van der Waals surface area (Å²) in [4.78, 5) is 38.0. The zero-order valence-electron chi connectivity index (χ0n) is 18.7. The number of rotatable bonds is 6. The maximum atomic E-state index is 12.6. The van der Waals surface area contributed by atoms with Gasteiger partial charge in [-0.1, -0.05) is 18.2 Å². The first-order valence-electron chi connectivity index (χ1n) is 11.0. The van der Waals surface area contributed by atoms with Crippen LogP contribution in [-0.2, 0) is 0 Å². The molecule has 1 fully saturated rings. The van der Waals surface area contributed by atoms with Gasteiger partial charge in [0.25, 0.3) is 17.5 Å². The number of carbonyl (C=O) groups excluding carboxylic acids is 2. The Kier molecular flexibility index (Phi) is 7.32. The van der Waals surface area contributed by atoms with Crippen molar-refractivity contribution in [3.8, 4) is 0 Å². The van der Waals surface area contributed by atoms with E-state index in [4.69, 9.17) is 12.2 Å². The normalized spacial score (nSPS) is 12.6. The van der Waals surface area contributed by atoms with E-state index in [0.29, 0.717) is 22.6 Å². The van der Waals surface area contributed by atoms with Crippen LogP contribution in [0.2, 0.25) is 0 Å². The lowest BCUT2D eigenvalue weighted by atomic mass is 10.1. The summed E-state index contributed by atoms with van der Waals surface area (Å²) < 4.78 is 0. The van der Waals surface area contributed by atoms with Gasteiger partial charge in [-0.2, -0.15) is 0 Å². The van der Waals surface area contributed by atoms with Gasteiger partial charge in [-0.25, -0.2) is 0 Å². The monoisotopic (exact) mass is 489 g/mol. The van der Waals surface area contributed by atoms with Crippen LogP contribution >= 0.6 is 12.2 Å². The third-order valence-electron chi connectivity index (χ3n) is 5.54. The predicted molar refractivity (Wildman–Crippen MR) is 139 cm³/mol. The summed E-state index contributed by atoms with van der Waals surface area (Å²) in [6.07, 6.45) is 1.97. The smallest absolute Gasteiger partial charge is 0.293 e. The van der Waals surface area contributed by atoms with E-state index in [-0.39, 0.29) is 22.3 Å². The summed E-state index contributed by atoms with van der Waals surface area (Å²) in [7, 11) is 0. The van der Waals surface area contributed by atoms with Gasteiger partial charge in [0.15, 0.2) is 5.11 Å². The molecule has 2 amide bonds. The zero-order chi connectivity index (χ0) is 24.8. The largest absolute Gasteiger partial charge is 0.366 e. The first kappa shape index (κ1) is 23.8. The third-order valence-corrected chi connectivity index (χ3v) is 5.75. The molecule has 0 bridgehead atoms. The Morgan fingerprint density at radius 1 is 0.829 bits per heavy atom. The van der Waals surface area contributed by atoms with Gasteiger partial charge in [0.2, 0.25) is 0 Å². The van der Waals surface area contributed by atoms with Crippen LogP contribution < -0.4 is 20.9 Å². The Morgan fingerprint density at radius 3 is 2.09 bits per heavy atom. The molecule has 1 heterocycles. The van der Waals surface area contributed by atoms with Crippen LogP contribution in [-0.4, -0.2) is 34.9 Å². The van der Waals surface area contributed by atoms with E-state index in [1.54, 1.807) is 60.7 Å². The highest BCUT2D eigenvalue weighted by atomic mass is 32.1. The van der Waals surface area contributed by atoms with Gasteiger partial charge in [0.05, 0.1) is 4.92 Å².